The van der Waals surface area contributed by atoms with Crippen molar-refractivity contribution < 1.29 is 14.5 Å². The SMILES string of the molecule is CN(C)Cc1c(C(=O)NN=Cc2cc(Br)ccc2O)nnn1-c1nonc1N. The molecule has 13 heteroatoms. The number of nitrogens with one attached hydrogen (secondary N) is 1. The van der Waals surface area contributed by atoms with E-state index in [1.807, 2.05) is 19.0 Å². The van der Waals surface area contributed by atoms with Gasteiger partial charge in [0.2, 0.25) is 11.6 Å². The average molecular weight is 450 g/mol. The number of hydrogen-bond donors (Lipinski definition) is 3. The number of rotatable bonds is 6. The fourth-order valence-corrected chi connectivity index (χ4v) is 2.65. The molecule has 0 saturated carbocycles. The van der Waals surface area contributed by atoms with Gasteiger partial charge >= 0.3 is 0 Å². The van der Waals surface area contributed by atoms with Gasteiger partial charge in [-0.3, -0.25) is 4.79 Å². The summed E-state index contributed by atoms with van der Waals surface area (Å²) in [6.45, 7) is 0.318. The Balaban J connectivity index is 1.85. The minimum Gasteiger partial charge on any atom is -0.507 e. The van der Waals surface area contributed by atoms with Crippen molar-refractivity contribution in [3.8, 4) is 11.6 Å². The first-order valence-electron chi connectivity index (χ1n) is 7.86. The molecule has 0 aliphatic rings. The lowest BCUT2D eigenvalue weighted by atomic mass is 10.2. The van der Waals surface area contributed by atoms with Gasteiger partial charge in [0.1, 0.15) is 5.75 Å². The molecule has 0 aliphatic carbocycles. The normalized spacial score (nSPS) is 11.4. The zero-order valence-electron chi connectivity index (χ0n) is 14.9. The molecule has 0 saturated heterocycles. The number of amides is 1. The molecule has 0 fully saturated rings. The van der Waals surface area contributed by atoms with Crippen LogP contribution in [0.4, 0.5) is 5.82 Å². The van der Waals surface area contributed by atoms with Crippen LogP contribution >= 0.6 is 15.9 Å². The monoisotopic (exact) mass is 449 g/mol. The van der Waals surface area contributed by atoms with E-state index in [2.05, 4.69) is 51.7 Å². The predicted octanol–water partition coefficient (Wildman–Crippen LogP) is 0.526. The second-order valence-electron chi connectivity index (χ2n) is 5.91. The van der Waals surface area contributed by atoms with E-state index in [0.717, 1.165) is 4.47 Å². The zero-order chi connectivity index (χ0) is 20.3. The number of anilines is 1. The lowest BCUT2D eigenvalue weighted by Gasteiger charge is -2.11. The number of benzene rings is 1. The van der Waals surface area contributed by atoms with E-state index in [0.29, 0.717) is 17.8 Å². The zero-order valence-corrected chi connectivity index (χ0v) is 16.5. The molecule has 3 aromatic rings. The molecule has 0 bridgehead atoms. The summed E-state index contributed by atoms with van der Waals surface area (Å²) in [7, 11) is 3.63. The summed E-state index contributed by atoms with van der Waals surface area (Å²) in [5, 5.41) is 28.7. The van der Waals surface area contributed by atoms with Crippen LogP contribution in [-0.2, 0) is 6.54 Å². The van der Waals surface area contributed by atoms with Gasteiger partial charge in [-0.1, -0.05) is 21.1 Å². The van der Waals surface area contributed by atoms with Crippen LogP contribution in [0.1, 0.15) is 21.7 Å². The molecule has 0 aliphatic heterocycles. The molecule has 1 amide bonds. The summed E-state index contributed by atoms with van der Waals surface area (Å²) in [6, 6.07) is 4.84. The van der Waals surface area contributed by atoms with Gasteiger partial charge < -0.3 is 15.7 Å². The lowest BCUT2D eigenvalue weighted by Crippen LogP contribution is -2.23. The lowest BCUT2D eigenvalue weighted by molar-refractivity contribution is 0.0948. The highest BCUT2D eigenvalue weighted by Crippen LogP contribution is 2.20. The van der Waals surface area contributed by atoms with Crippen LogP contribution < -0.4 is 11.2 Å². The molecule has 0 spiro atoms. The second-order valence-corrected chi connectivity index (χ2v) is 6.83. The Morgan fingerprint density at radius 3 is 2.93 bits per heavy atom. The summed E-state index contributed by atoms with van der Waals surface area (Å²) >= 11 is 3.30. The molecule has 28 heavy (non-hydrogen) atoms. The first-order chi connectivity index (χ1) is 13.4. The van der Waals surface area contributed by atoms with Crippen LogP contribution in [-0.4, -0.2) is 61.5 Å². The Labute approximate surface area is 167 Å². The van der Waals surface area contributed by atoms with E-state index in [1.165, 1.54) is 17.0 Å². The number of nitrogens with two attached hydrogens (primary N) is 1. The highest BCUT2D eigenvalue weighted by Gasteiger charge is 2.24. The third kappa shape index (κ3) is 4.15. The Hall–Kier alpha value is -3.32. The third-order valence-electron chi connectivity index (χ3n) is 3.50. The molecule has 0 atom stereocenters. The van der Waals surface area contributed by atoms with Gasteiger partial charge in [-0.15, -0.1) is 5.10 Å². The molecule has 1 aromatic carbocycles. The van der Waals surface area contributed by atoms with Crippen molar-refractivity contribution in [1.29, 1.82) is 0 Å². The second kappa shape index (κ2) is 8.14. The molecule has 0 unspecified atom stereocenters. The summed E-state index contributed by atoms with van der Waals surface area (Å²) < 4.78 is 6.63. The van der Waals surface area contributed by atoms with Crippen molar-refractivity contribution in [1.82, 2.24) is 35.6 Å². The smallest absolute Gasteiger partial charge is 0.293 e. The number of phenols is 1. The first kappa shape index (κ1) is 19.4. The van der Waals surface area contributed by atoms with Crippen LogP contribution in [0, 0.1) is 0 Å². The van der Waals surface area contributed by atoms with Crippen LogP contribution in [0.15, 0.2) is 32.4 Å². The Morgan fingerprint density at radius 2 is 2.25 bits per heavy atom. The van der Waals surface area contributed by atoms with Gasteiger partial charge in [-0.25, -0.2) is 10.1 Å². The Bertz CT molecular complexity index is 1030. The van der Waals surface area contributed by atoms with Gasteiger partial charge in [0.15, 0.2) is 5.69 Å². The fraction of sp³-hybridized carbons (Fsp3) is 0.200. The average Bonchev–Trinajstić information content (AvgIpc) is 3.23. The Kier molecular flexibility index (Phi) is 5.65. The number of nitrogens with zero attached hydrogens (tertiary/aromatic N) is 7. The first-order valence-corrected chi connectivity index (χ1v) is 8.65. The van der Waals surface area contributed by atoms with Gasteiger partial charge in [0.25, 0.3) is 5.91 Å². The summed E-state index contributed by atoms with van der Waals surface area (Å²) in [6.07, 6.45) is 1.31. The molecule has 12 nitrogen and oxygen atoms in total. The number of nitrogen functional groups attached to an aromatic ring is 1. The van der Waals surface area contributed by atoms with E-state index >= 15 is 0 Å². The van der Waals surface area contributed by atoms with Crippen LogP contribution in [0.3, 0.4) is 0 Å². The van der Waals surface area contributed by atoms with Crippen molar-refractivity contribution in [2.45, 2.75) is 6.54 Å². The number of aromatic nitrogens is 5. The van der Waals surface area contributed by atoms with Crippen LogP contribution in [0.5, 0.6) is 5.75 Å². The summed E-state index contributed by atoms with van der Waals surface area (Å²) in [5.41, 5.74) is 8.95. The minimum absolute atomic E-state index is 0.0139. The molecular weight excluding hydrogens is 434 g/mol. The van der Waals surface area contributed by atoms with Crippen molar-refractivity contribution in [3.05, 3.63) is 39.6 Å². The molecular formula is C15H16BrN9O3. The van der Waals surface area contributed by atoms with Gasteiger partial charge in [0, 0.05) is 16.6 Å². The van der Waals surface area contributed by atoms with Crippen molar-refractivity contribution in [2.75, 3.05) is 19.8 Å². The molecule has 0 radical (unpaired) electrons. The van der Waals surface area contributed by atoms with Crippen LogP contribution in [0.25, 0.3) is 5.82 Å². The van der Waals surface area contributed by atoms with E-state index < -0.39 is 5.91 Å². The van der Waals surface area contributed by atoms with Gasteiger partial charge in [-0.2, -0.15) is 9.78 Å². The largest absolute Gasteiger partial charge is 0.507 e. The summed E-state index contributed by atoms with van der Waals surface area (Å²) in [4.78, 5) is 14.4. The van der Waals surface area contributed by atoms with E-state index in [9.17, 15) is 9.90 Å². The van der Waals surface area contributed by atoms with Crippen molar-refractivity contribution >= 4 is 33.9 Å². The molecule has 146 valence electrons. The quantitative estimate of drug-likeness (QED) is 0.359. The minimum atomic E-state index is -0.594. The van der Waals surface area contributed by atoms with Crippen molar-refractivity contribution in [3.63, 3.8) is 0 Å². The van der Waals surface area contributed by atoms with Gasteiger partial charge in [0.05, 0.1) is 11.9 Å². The number of hydrogen-bond acceptors (Lipinski definition) is 10. The fourth-order valence-electron chi connectivity index (χ4n) is 2.27. The van der Waals surface area contributed by atoms with E-state index in [-0.39, 0.29) is 23.1 Å². The third-order valence-corrected chi connectivity index (χ3v) is 3.99. The maximum atomic E-state index is 12.5. The number of hydrazone groups is 1. The standard InChI is InChI=1S/C15H16BrN9O3/c1-24(2)7-10-12(19-23-25(10)14-13(17)21-28-22-14)15(27)20-18-6-8-5-9(16)3-4-11(8)26/h3-6,26H,7H2,1-2H3,(H2,17,21)(H,20,27). The number of aromatic hydroxyl groups is 1. The number of carbonyl (C=O) groups is 1. The van der Waals surface area contributed by atoms with E-state index in [1.54, 1.807) is 12.1 Å². The molecule has 4 N–H and O–H groups in total. The Morgan fingerprint density at radius 1 is 1.46 bits per heavy atom. The van der Waals surface area contributed by atoms with Gasteiger partial charge in [-0.05, 0) is 42.6 Å². The number of halogens is 1. The maximum Gasteiger partial charge on any atom is 0.293 e. The van der Waals surface area contributed by atoms with Crippen LogP contribution in [0.2, 0.25) is 0 Å². The topological polar surface area (TPSA) is 161 Å². The van der Waals surface area contributed by atoms with Crippen molar-refractivity contribution in [2.24, 2.45) is 5.10 Å². The summed E-state index contributed by atoms with van der Waals surface area (Å²) in [5.74, 6) is -0.427. The molecule has 2 aromatic heterocycles. The van der Waals surface area contributed by atoms with E-state index in [4.69, 9.17) is 5.73 Å². The number of phenolic OH excluding ortho intramolecular Hbond substituents is 1. The molecule has 3 rings (SSSR count). The maximum absolute atomic E-state index is 12.5. The highest BCUT2D eigenvalue weighted by molar-refractivity contribution is 9.10. The predicted molar refractivity (Wildman–Crippen MR) is 102 cm³/mol. The number of carbonyl (C=O) groups excluding carboxylic acids is 1. The highest BCUT2D eigenvalue weighted by atomic mass is 79.9. The molecule has 2 heterocycles.